The highest BCUT2D eigenvalue weighted by molar-refractivity contribution is 6.33. The quantitative estimate of drug-likeness (QED) is 0.792. The summed E-state index contributed by atoms with van der Waals surface area (Å²) in [4.78, 5) is 22.5. The van der Waals surface area contributed by atoms with Crippen LogP contribution in [0.2, 0.25) is 5.02 Å². The Bertz CT molecular complexity index is 674. The lowest BCUT2D eigenvalue weighted by molar-refractivity contribution is -0.138. The molecule has 0 aromatic heterocycles. The Balaban J connectivity index is 2.30. The highest BCUT2D eigenvalue weighted by Crippen LogP contribution is 2.27. The number of carboxylic acids is 1. The zero-order valence-corrected chi connectivity index (χ0v) is 11.7. The van der Waals surface area contributed by atoms with E-state index in [1.807, 2.05) is 0 Å². The van der Waals surface area contributed by atoms with Crippen molar-refractivity contribution in [1.82, 2.24) is 0 Å². The van der Waals surface area contributed by atoms with Crippen molar-refractivity contribution in [3.05, 3.63) is 64.7 Å². The van der Waals surface area contributed by atoms with Gasteiger partial charge in [0.1, 0.15) is 0 Å². The summed E-state index contributed by atoms with van der Waals surface area (Å²) in [6.07, 6.45) is 0. The third-order valence-corrected chi connectivity index (χ3v) is 3.25. The van der Waals surface area contributed by atoms with Gasteiger partial charge in [-0.05, 0) is 23.8 Å². The Hall–Kier alpha value is -2.53. The number of carbonyl (C=O) groups is 2. The number of hydrogen-bond acceptors (Lipinski definition) is 3. The van der Waals surface area contributed by atoms with Crippen molar-refractivity contribution >= 4 is 29.2 Å². The number of primary amides is 1. The molecule has 0 saturated heterocycles. The lowest BCUT2D eigenvalue weighted by Crippen LogP contribution is -2.20. The molecule has 4 N–H and O–H groups in total. The van der Waals surface area contributed by atoms with Gasteiger partial charge in [0.05, 0.1) is 10.7 Å². The highest BCUT2D eigenvalue weighted by atomic mass is 35.5. The summed E-state index contributed by atoms with van der Waals surface area (Å²) in [7, 11) is 0. The summed E-state index contributed by atoms with van der Waals surface area (Å²) in [5.74, 6) is -1.63. The summed E-state index contributed by atoms with van der Waals surface area (Å²) >= 11 is 6.05. The fourth-order valence-electron chi connectivity index (χ4n) is 1.87. The fourth-order valence-corrected chi connectivity index (χ4v) is 2.11. The molecule has 2 aromatic rings. The molecule has 0 radical (unpaired) electrons. The van der Waals surface area contributed by atoms with Crippen molar-refractivity contribution < 1.29 is 14.7 Å². The third-order valence-electron chi connectivity index (χ3n) is 2.93. The maximum Gasteiger partial charge on any atom is 0.330 e. The van der Waals surface area contributed by atoms with Gasteiger partial charge in [-0.25, -0.2) is 4.79 Å². The Kier molecular flexibility index (Phi) is 4.45. The van der Waals surface area contributed by atoms with Crippen molar-refractivity contribution in [3.8, 4) is 0 Å². The molecule has 0 bridgehead atoms. The van der Waals surface area contributed by atoms with E-state index in [4.69, 9.17) is 17.3 Å². The molecule has 0 spiro atoms. The second kappa shape index (κ2) is 6.28. The van der Waals surface area contributed by atoms with E-state index in [1.54, 1.807) is 30.3 Å². The van der Waals surface area contributed by atoms with Crippen LogP contribution in [0.5, 0.6) is 0 Å². The molecule has 0 aliphatic rings. The standard InChI is InChI=1S/C15H13ClN2O3/c16-11-8-10(14(17)19)6-7-12(11)18-13(15(20)21)9-4-2-1-3-5-9/h1-8,13,18H,(H2,17,19)(H,20,21). The monoisotopic (exact) mass is 304 g/mol. The van der Waals surface area contributed by atoms with Crippen LogP contribution in [0.4, 0.5) is 5.69 Å². The molecule has 5 nitrogen and oxygen atoms in total. The van der Waals surface area contributed by atoms with Gasteiger partial charge in [-0.1, -0.05) is 41.9 Å². The lowest BCUT2D eigenvalue weighted by Gasteiger charge is -2.17. The summed E-state index contributed by atoms with van der Waals surface area (Å²) < 4.78 is 0. The van der Waals surface area contributed by atoms with Gasteiger partial charge in [0, 0.05) is 5.56 Å². The van der Waals surface area contributed by atoms with E-state index in [1.165, 1.54) is 18.2 Å². The first-order valence-corrected chi connectivity index (χ1v) is 6.50. The molecule has 21 heavy (non-hydrogen) atoms. The van der Waals surface area contributed by atoms with Gasteiger partial charge in [-0.2, -0.15) is 0 Å². The molecular formula is C15H13ClN2O3. The molecule has 0 aliphatic carbocycles. The van der Waals surface area contributed by atoms with Gasteiger partial charge >= 0.3 is 5.97 Å². The molecule has 2 rings (SSSR count). The minimum absolute atomic E-state index is 0.230. The second-order valence-electron chi connectivity index (χ2n) is 4.39. The van der Waals surface area contributed by atoms with E-state index in [0.29, 0.717) is 11.3 Å². The average Bonchev–Trinajstić information content (AvgIpc) is 2.46. The molecule has 0 fully saturated rings. The van der Waals surface area contributed by atoms with E-state index >= 15 is 0 Å². The summed E-state index contributed by atoms with van der Waals surface area (Å²) in [6, 6.07) is 12.2. The second-order valence-corrected chi connectivity index (χ2v) is 4.79. The van der Waals surface area contributed by atoms with Crippen molar-refractivity contribution in [2.75, 3.05) is 5.32 Å². The van der Waals surface area contributed by atoms with Gasteiger partial charge < -0.3 is 16.2 Å². The van der Waals surface area contributed by atoms with E-state index in [0.717, 1.165) is 0 Å². The van der Waals surface area contributed by atoms with Crippen LogP contribution in [0.15, 0.2) is 48.5 Å². The smallest absolute Gasteiger partial charge is 0.330 e. The first-order chi connectivity index (χ1) is 9.99. The van der Waals surface area contributed by atoms with Gasteiger partial charge in [-0.15, -0.1) is 0 Å². The predicted molar refractivity (Wildman–Crippen MR) is 80.4 cm³/mol. The van der Waals surface area contributed by atoms with Crippen molar-refractivity contribution in [2.45, 2.75) is 6.04 Å². The topological polar surface area (TPSA) is 92.4 Å². The number of aliphatic carboxylic acids is 1. The maximum atomic E-state index is 11.4. The minimum Gasteiger partial charge on any atom is -0.479 e. The van der Waals surface area contributed by atoms with Crippen LogP contribution in [0.25, 0.3) is 0 Å². The first kappa shape index (κ1) is 14.9. The van der Waals surface area contributed by atoms with Gasteiger partial charge in [0.25, 0.3) is 0 Å². The Morgan fingerprint density at radius 1 is 1.14 bits per heavy atom. The van der Waals surface area contributed by atoms with E-state index in [2.05, 4.69) is 5.32 Å². The first-order valence-electron chi connectivity index (χ1n) is 6.12. The number of benzene rings is 2. The molecule has 108 valence electrons. The summed E-state index contributed by atoms with van der Waals surface area (Å²) in [5, 5.41) is 12.4. The van der Waals surface area contributed by atoms with Crippen molar-refractivity contribution in [3.63, 3.8) is 0 Å². The molecule has 2 aromatic carbocycles. The van der Waals surface area contributed by atoms with E-state index < -0.39 is 17.9 Å². The zero-order chi connectivity index (χ0) is 15.4. The third kappa shape index (κ3) is 3.52. The van der Waals surface area contributed by atoms with Gasteiger partial charge in [-0.3, -0.25) is 4.79 Å². The van der Waals surface area contributed by atoms with Crippen LogP contribution >= 0.6 is 11.6 Å². The molecule has 1 amide bonds. The highest BCUT2D eigenvalue weighted by Gasteiger charge is 2.20. The van der Waals surface area contributed by atoms with Crippen molar-refractivity contribution in [1.29, 1.82) is 0 Å². The minimum atomic E-state index is -1.03. The van der Waals surface area contributed by atoms with Crippen LogP contribution in [0, 0.1) is 0 Å². The van der Waals surface area contributed by atoms with Crippen LogP contribution in [0.1, 0.15) is 22.0 Å². The predicted octanol–water partition coefficient (Wildman–Crippen LogP) is 2.68. The fraction of sp³-hybridized carbons (Fsp3) is 0.0667. The number of carbonyl (C=O) groups excluding carboxylic acids is 1. The zero-order valence-electron chi connectivity index (χ0n) is 10.9. The molecule has 0 saturated carbocycles. The van der Waals surface area contributed by atoms with Crippen LogP contribution in [0.3, 0.4) is 0 Å². The molecule has 1 atom stereocenters. The van der Waals surface area contributed by atoms with E-state index in [-0.39, 0.29) is 10.6 Å². The number of nitrogens with one attached hydrogen (secondary N) is 1. The van der Waals surface area contributed by atoms with Crippen LogP contribution < -0.4 is 11.1 Å². The largest absolute Gasteiger partial charge is 0.479 e. The number of hydrogen-bond donors (Lipinski definition) is 3. The Morgan fingerprint density at radius 3 is 2.33 bits per heavy atom. The number of nitrogens with two attached hydrogens (primary N) is 1. The Labute approximate surface area is 126 Å². The molecule has 0 heterocycles. The van der Waals surface area contributed by atoms with Crippen LogP contribution in [-0.4, -0.2) is 17.0 Å². The molecule has 1 unspecified atom stereocenters. The van der Waals surface area contributed by atoms with Crippen LogP contribution in [-0.2, 0) is 4.79 Å². The van der Waals surface area contributed by atoms with Gasteiger partial charge in [0.2, 0.25) is 5.91 Å². The van der Waals surface area contributed by atoms with E-state index in [9.17, 15) is 14.7 Å². The molecule has 0 aliphatic heterocycles. The number of halogens is 1. The number of rotatable bonds is 5. The van der Waals surface area contributed by atoms with Crippen molar-refractivity contribution in [2.24, 2.45) is 5.73 Å². The lowest BCUT2D eigenvalue weighted by atomic mass is 10.1. The SMILES string of the molecule is NC(=O)c1ccc(NC(C(=O)O)c2ccccc2)c(Cl)c1. The van der Waals surface area contributed by atoms with Gasteiger partial charge in [0.15, 0.2) is 6.04 Å². The Morgan fingerprint density at radius 2 is 1.81 bits per heavy atom. The summed E-state index contributed by atoms with van der Waals surface area (Å²) in [5.41, 5.74) is 6.43. The maximum absolute atomic E-state index is 11.4. The molecular weight excluding hydrogens is 292 g/mol. The average molecular weight is 305 g/mol. The normalized spacial score (nSPS) is 11.7. The number of carboxylic acid groups (broad SMARTS) is 1. The number of amides is 1. The molecule has 6 heteroatoms. The summed E-state index contributed by atoms with van der Waals surface area (Å²) in [6.45, 7) is 0. The number of anilines is 1.